The van der Waals surface area contributed by atoms with Crippen molar-refractivity contribution in [2.24, 2.45) is 0 Å². The van der Waals surface area contributed by atoms with Crippen molar-refractivity contribution in [3.63, 3.8) is 0 Å². The number of hydrogen-bond acceptors (Lipinski definition) is 5. The van der Waals surface area contributed by atoms with Crippen LogP contribution in [0.15, 0.2) is 6.07 Å². The molecule has 0 aliphatic heterocycles. The van der Waals surface area contributed by atoms with Crippen LogP contribution in [-0.2, 0) is 16.1 Å². The summed E-state index contributed by atoms with van der Waals surface area (Å²) in [6.45, 7) is 4.76. The van der Waals surface area contributed by atoms with E-state index in [0.29, 0.717) is 19.1 Å². The molecule has 1 amide bonds. The van der Waals surface area contributed by atoms with Crippen LogP contribution in [0.1, 0.15) is 18.3 Å². The summed E-state index contributed by atoms with van der Waals surface area (Å²) in [6.07, 6.45) is 0. The molecule has 1 rings (SSSR count). The maximum Gasteiger partial charge on any atom is 0.246 e. The zero-order valence-electron chi connectivity index (χ0n) is 11.4. The average molecular weight is 252 g/mol. The molecular formula is C12H20N4O2. The third-order valence-electron chi connectivity index (χ3n) is 2.20. The zero-order valence-corrected chi connectivity index (χ0v) is 11.4. The number of nitrogens with one attached hydrogen (secondary N) is 1. The van der Waals surface area contributed by atoms with E-state index in [1.54, 1.807) is 0 Å². The van der Waals surface area contributed by atoms with Gasteiger partial charge in [0.2, 0.25) is 11.9 Å². The molecule has 1 aromatic rings. The number of aryl methyl sites for hydroxylation is 1. The molecule has 0 unspecified atom stereocenters. The molecule has 0 bridgehead atoms. The van der Waals surface area contributed by atoms with Crippen LogP contribution in [0.4, 0.5) is 5.95 Å². The number of carbonyl (C=O) groups excluding carboxylic acids is 1. The summed E-state index contributed by atoms with van der Waals surface area (Å²) in [5.41, 5.74) is 1.67. The minimum Gasteiger partial charge on any atom is -0.372 e. The van der Waals surface area contributed by atoms with E-state index < -0.39 is 0 Å². The molecule has 0 saturated heterocycles. The van der Waals surface area contributed by atoms with Gasteiger partial charge in [0.1, 0.15) is 6.61 Å². The lowest BCUT2D eigenvalue weighted by molar-refractivity contribution is -0.125. The van der Waals surface area contributed by atoms with E-state index in [1.165, 1.54) is 0 Å². The minimum absolute atomic E-state index is 0.0844. The predicted molar refractivity (Wildman–Crippen MR) is 69.4 cm³/mol. The zero-order chi connectivity index (χ0) is 13.5. The topological polar surface area (TPSA) is 67.3 Å². The minimum atomic E-state index is -0.139. The Morgan fingerprint density at radius 1 is 1.44 bits per heavy atom. The SMILES string of the molecule is CCOCC(=O)NCc1cc(C)nc(N(C)C)n1. The summed E-state index contributed by atoms with van der Waals surface area (Å²) < 4.78 is 5.02. The molecule has 0 radical (unpaired) electrons. The van der Waals surface area contributed by atoms with Crippen LogP contribution in [0.3, 0.4) is 0 Å². The predicted octanol–water partition coefficient (Wildman–Crippen LogP) is 0.504. The van der Waals surface area contributed by atoms with Gasteiger partial charge in [-0.25, -0.2) is 9.97 Å². The molecule has 100 valence electrons. The molecule has 0 saturated carbocycles. The number of aromatic nitrogens is 2. The van der Waals surface area contributed by atoms with Gasteiger partial charge < -0.3 is 15.0 Å². The second kappa shape index (κ2) is 6.90. The first kappa shape index (κ1) is 14.4. The lowest BCUT2D eigenvalue weighted by Crippen LogP contribution is -2.28. The number of carbonyl (C=O) groups is 1. The van der Waals surface area contributed by atoms with E-state index in [4.69, 9.17) is 4.74 Å². The molecule has 0 aliphatic rings. The summed E-state index contributed by atoms with van der Waals surface area (Å²) in [4.78, 5) is 21.9. The number of rotatable bonds is 6. The summed E-state index contributed by atoms with van der Waals surface area (Å²) in [7, 11) is 3.76. The van der Waals surface area contributed by atoms with Crippen LogP contribution >= 0.6 is 0 Å². The molecule has 6 heteroatoms. The van der Waals surface area contributed by atoms with Gasteiger partial charge in [-0.1, -0.05) is 0 Å². The molecular weight excluding hydrogens is 232 g/mol. The normalized spacial score (nSPS) is 10.2. The highest BCUT2D eigenvalue weighted by atomic mass is 16.5. The Labute approximate surface area is 107 Å². The van der Waals surface area contributed by atoms with Crippen molar-refractivity contribution in [1.29, 1.82) is 0 Å². The highest BCUT2D eigenvalue weighted by molar-refractivity contribution is 5.77. The first-order valence-corrected chi connectivity index (χ1v) is 5.89. The van der Waals surface area contributed by atoms with Crippen molar-refractivity contribution < 1.29 is 9.53 Å². The van der Waals surface area contributed by atoms with Crippen molar-refractivity contribution >= 4 is 11.9 Å². The number of nitrogens with zero attached hydrogens (tertiary/aromatic N) is 3. The number of anilines is 1. The molecule has 6 nitrogen and oxygen atoms in total. The van der Waals surface area contributed by atoms with Gasteiger partial charge in [-0.3, -0.25) is 4.79 Å². The van der Waals surface area contributed by atoms with Crippen molar-refractivity contribution in [2.75, 3.05) is 32.2 Å². The third kappa shape index (κ3) is 4.67. The second-order valence-electron chi connectivity index (χ2n) is 4.11. The maximum absolute atomic E-state index is 11.4. The molecule has 1 N–H and O–H groups in total. The van der Waals surface area contributed by atoms with E-state index >= 15 is 0 Å². The molecule has 18 heavy (non-hydrogen) atoms. The number of hydrogen-bond donors (Lipinski definition) is 1. The van der Waals surface area contributed by atoms with Crippen molar-refractivity contribution in [2.45, 2.75) is 20.4 Å². The first-order chi connectivity index (χ1) is 8.52. The fourth-order valence-corrected chi connectivity index (χ4v) is 1.34. The Morgan fingerprint density at radius 2 is 2.17 bits per heavy atom. The smallest absolute Gasteiger partial charge is 0.246 e. The van der Waals surface area contributed by atoms with Gasteiger partial charge >= 0.3 is 0 Å². The quantitative estimate of drug-likeness (QED) is 0.798. The molecule has 0 fully saturated rings. The Kier molecular flexibility index (Phi) is 5.51. The van der Waals surface area contributed by atoms with E-state index in [-0.39, 0.29) is 12.5 Å². The van der Waals surface area contributed by atoms with Gasteiger partial charge in [-0.05, 0) is 19.9 Å². The maximum atomic E-state index is 11.4. The van der Waals surface area contributed by atoms with Crippen molar-refractivity contribution in [1.82, 2.24) is 15.3 Å². The van der Waals surface area contributed by atoms with Gasteiger partial charge in [0.15, 0.2) is 0 Å². The van der Waals surface area contributed by atoms with Gasteiger partial charge in [0.05, 0.1) is 12.2 Å². The molecule has 0 atom stereocenters. The van der Waals surface area contributed by atoms with Crippen LogP contribution in [0, 0.1) is 6.92 Å². The summed E-state index contributed by atoms with van der Waals surface area (Å²) >= 11 is 0. The molecule has 0 aliphatic carbocycles. The highest BCUT2D eigenvalue weighted by Crippen LogP contribution is 2.07. The fraction of sp³-hybridized carbons (Fsp3) is 0.583. The lowest BCUT2D eigenvalue weighted by atomic mass is 10.3. The summed E-state index contributed by atoms with van der Waals surface area (Å²) in [5.74, 6) is 0.503. The summed E-state index contributed by atoms with van der Waals surface area (Å²) in [6, 6.07) is 1.86. The van der Waals surface area contributed by atoms with Gasteiger partial charge in [0, 0.05) is 26.4 Å². The third-order valence-corrected chi connectivity index (χ3v) is 2.20. The van der Waals surface area contributed by atoms with E-state index in [0.717, 1.165) is 11.4 Å². The standard InChI is InChI=1S/C12H20N4O2/c1-5-18-8-11(17)13-7-10-6-9(2)14-12(15-10)16(3)4/h6H,5,7-8H2,1-4H3,(H,13,17). The van der Waals surface area contributed by atoms with Gasteiger partial charge in [-0.15, -0.1) is 0 Å². The first-order valence-electron chi connectivity index (χ1n) is 5.89. The van der Waals surface area contributed by atoms with E-state index in [9.17, 15) is 4.79 Å². The fourth-order valence-electron chi connectivity index (χ4n) is 1.34. The lowest BCUT2D eigenvalue weighted by Gasteiger charge is -2.12. The molecule has 1 aromatic heterocycles. The van der Waals surface area contributed by atoms with Gasteiger partial charge in [-0.2, -0.15) is 0 Å². The molecule has 0 spiro atoms. The van der Waals surface area contributed by atoms with Crippen LogP contribution in [0.25, 0.3) is 0 Å². The Hall–Kier alpha value is -1.69. The van der Waals surface area contributed by atoms with Crippen molar-refractivity contribution in [3.05, 3.63) is 17.5 Å². The largest absolute Gasteiger partial charge is 0.372 e. The average Bonchev–Trinajstić information content (AvgIpc) is 2.33. The Morgan fingerprint density at radius 3 is 2.78 bits per heavy atom. The highest BCUT2D eigenvalue weighted by Gasteiger charge is 2.06. The Balaban J connectivity index is 2.59. The van der Waals surface area contributed by atoms with E-state index in [2.05, 4.69) is 15.3 Å². The second-order valence-corrected chi connectivity index (χ2v) is 4.11. The molecule has 1 heterocycles. The number of ether oxygens (including phenoxy) is 1. The van der Waals surface area contributed by atoms with Crippen molar-refractivity contribution in [3.8, 4) is 0 Å². The number of amides is 1. The van der Waals surface area contributed by atoms with Crippen LogP contribution in [0.2, 0.25) is 0 Å². The van der Waals surface area contributed by atoms with E-state index in [1.807, 2.05) is 38.9 Å². The molecule has 0 aromatic carbocycles. The van der Waals surface area contributed by atoms with Crippen LogP contribution < -0.4 is 10.2 Å². The summed E-state index contributed by atoms with van der Waals surface area (Å²) in [5, 5.41) is 2.75. The Bertz CT molecular complexity index is 407. The van der Waals surface area contributed by atoms with Crippen LogP contribution in [0.5, 0.6) is 0 Å². The van der Waals surface area contributed by atoms with Gasteiger partial charge in [0.25, 0.3) is 0 Å². The van der Waals surface area contributed by atoms with Crippen LogP contribution in [-0.4, -0.2) is 43.2 Å². The monoisotopic (exact) mass is 252 g/mol.